The highest BCUT2D eigenvalue weighted by Gasteiger charge is 2.36. The van der Waals surface area contributed by atoms with Gasteiger partial charge in [0.05, 0.1) is 10.6 Å². The zero-order chi connectivity index (χ0) is 21.0. The molecule has 9 heteroatoms. The second-order valence-electron chi connectivity index (χ2n) is 6.37. The van der Waals surface area contributed by atoms with Crippen molar-refractivity contribution >= 4 is 22.7 Å². The summed E-state index contributed by atoms with van der Waals surface area (Å²) in [5.41, 5.74) is -0.744. The van der Waals surface area contributed by atoms with E-state index in [4.69, 9.17) is 4.74 Å². The molecule has 0 bridgehead atoms. The molecule has 1 fully saturated rings. The number of allylic oxidation sites excluding steroid dienone is 2. The van der Waals surface area contributed by atoms with Crippen molar-refractivity contribution in [2.75, 3.05) is 39.1 Å². The average Bonchev–Trinajstić information content (AvgIpc) is 2.85. The van der Waals surface area contributed by atoms with E-state index >= 15 is 0 Å². The fraction of sp³-hybridized carbons (Fsp3) is 0.684. The van der Waals surface area contributed by atoms with E-state index in [1.165, 1.54) is 11.8 Å². The normalized spacial score (nSPS) is 17.7. The third-order valence-corrected chi connectivity index (χ3v) is 4.82. The summed E-state index contributed by atoms with van der Waals surface area (Å²) in [6.07, 6.45) is 2.30. The average molecular weight is 422 g/mol. The molecule has 0 saturated carbocycles. The first kappa shape index (κ1) is 24.6. The highest BCUT2D eigenvalue weighted by molar-refractivity contribution is 8.13. The Morgan fingerprint density at radius 1 is 1.43 bits per heavy atom. The highest BCUT2D eigenvalue weighted by Crippen LogP contribution is 2.30. The van der Waals surface area contributed by atoms with Crippen molar-refractivity contribution in [2.24, 2.45) is 4.99 Å². The van der Waals surface area contributed by atoms with Gasteiger partial charge in [0, 0.05) is 38.1 Å². The Balaban J connectivity index is 2.78. The van der Waals surface area contributed by atoms with E-state index < -0.39 is 11.7 Å². The van der Waals surface area contributed by atoms with Gasteiger partial charge in [-0.05, 0) is 32.4 Å². The molecular formula is C19H30F3N3O2S. The van der Waals surface area contributed by atoms with Crippen LogP contribution in [0, 0.1) is 0 Å². The largest absolute Gasteiger partial charge is 0.419 e. The molecule has 1 rings (SSSR count). The Morgan fingerprint density at radius 3 is 2.82 bits per heavy atom. The zero-order valence-corrected chi connectivity index (χ0v) is 17.6. The van der Waals surface area contributed by atoms with Crippen molar-refractivity contribution < 1.29 is 22.7 Å². The number of hydrogen-bond donors (Lipinski definition) is 1. The fourth-order valence-corrected chi connectivity index (χ4v) is 2.69. The maximum atomic E-state index is 13.6. The molecule has 0 radical (unpaired) electrons. The molecule has 5 nitrogen and oxygen atoms in total. The van der Waals surface area contributed by atoms with Crippen LogP contribution in [0.25, 0.3) is 0 Å². The number of carbonyl (C=O) groups excluding carboxylic acids is 1. The first-order valence-electron chi connectivity index (χ1n) is 9.45. The summed E-state index contributed by atoms with van der Waals surface area (Å²) >= 11 is 1.30. The summed E-state index contributed by atoms with van der Waals surface area (Å²) in [5, 5.41) is 3.45. The molecule has 0 aromatic heterocycles. The molecule has 160 valence electrons. The van der Waals surface area contributed by atoms with Crippen LogP contribution in [-0.4, -0.2) is 61.1 Å². The number of aliphatic imine (C=N–C) groups is 1. The Bertz CT molecular complexity index is 589. The number of halogens is 3. The number of thioether (sulfide) groups is 1. The summed E-state index contributed by atoms with van der Waals surface area (Å²) in [4.78, 5) is 17.5. The maximum Gasteiger partial charge on any atom is 0.419 e. The molecule has 0 unspecified atom stereocenters. The summed E-state index contributed by atoms with van der Waals surface area (Å²) in [6, 6.07) is 0. The lowest BCUT2D eigenvalue weighted by Crippen LogP contribution is -2.35. The molecule has 0 aliphatic carbocycles. The topological polar surface area (TPSA) is 53.9 Å². The molecule has 1 heterocycles. The highest BCUT2D eigenvalue weighted by atomic mass is 32.2. The summed E-state index contributed by atoms with van der Waals surface area (Å²) in [6.45, 7) is 5.65. The van der Waals surface area contributed by atoms with Gasteiger partial charge in [0.25, 0.3) is 0 Å². The number of amides is 1. The molecule has 0 spiro atoms. The van der Waals surface area contributed by atoms with Crippen LogP contribution < -0.4 is 5.32 Å². The van der Waals surface area contributed by atoms with Crippen LogP contribution in [0.5, 0.6) is 0 Å². The van der Waals surface area contributed by atoms with Crippen LogP contribution in [0.15, 0.2) is 28.5 Å². The number of alkyl halides is 3. The Hall–Kier alpha value is -1.48. The van der Waals surface area contributed by atoms with Crippen LogP contribution in [0.2, 0.25) is 0 Å². The fourth-order valence-electron chi connectivity index (χ4n) is 2.53. The summed E-state index contributed by atoms with van der Waals surface area (Å²) < 4.78 is 45.9. The van der Waals surface area contributed by atoms with Gasteiger partial charge in [0.2, 0.25) is 5.91 Å². The van der Waals surface area contributed by atoms with Gasteiger partial charge >= 0.3 is 6.18 Å². The lowest BCUT2D eigenvalue weighted by molar-refractivity contribution is -0.133. The van der Waals surface area contributed by atoms with Crippen LogP contribution in [0.3, 0.4) is 0 Å². The van der Waals surface area contributed by atoms with Crippen molar-refractivity contribution in [2.45, 2.75) is 45.7 Å². The number of carbonyl (C=O) groups is 1. The number of rotatable bonds is 9. The smallest absolute Gasteiger partial charge is 0.385 e. The molecule has 1 aliphatic heterocycles. The molecular weight excluding hydrogens is 391 g/mol. The first-order chi connectivity index (χ1) is 13.3. The van der Waals surface area contributed by atoms with Crippen LogP contribution >= 0.6 is 11.8 Å². The van der Waals surface area contributed by atoms with Crippen molar-refractivity contribution in [3.63, 3.8) is 0 Å². The van der Waals surface area contributed by atoms with E-state index in [1.807, 2.05) is 6.92 Å². The minimum atomic E-state index is -4.51. The molecule has 0 aromatic carbocycles. The number of ether oxygens (including phenoxy) is 1. The first-order valence-corrected chi connectivity index (χ1v) is 10.7. The van der Waals surface area contributed by atoms with Crippen molar-refractivity contribution in [3.8, 4) is 0 Å². The van der Waals surface area contributed by atoms with Gasteiger partial charge in [-0.3, -0.25) is 9.79 Å². The maximum absolute atomic E-state index is 13.6. The molecule has 28 heavy (non-hydrogen) atoms. The third kappa shape index (κ3) is 9.14. The van der Waals surface area contributed by atoms with E-state index in [2.05, 4.69) is 10.3 Å². The minimum Gasteiger partial charge on any atom is -0.385 e. The van der Waals surface area contributed by atoms with Crippen LogP contribution in [0.4, 0.5) is 13.2 Å². The number of nitrogens with one attached hydrogen (secondary N) is 1. The van der Waals surface area contributed by atoms with E-state index in [0.717, 1.165) is 19.0 Å². The number of nitrogens with zero attached hydrogens (tertiary/aromatic N) is 2. The van der Waals surface area contributed by atoms with Gasteiger partial charge < -0.3 is 15.0 Å². The lowest BCUT2D eigenvalue weighted by atomic mass is 10.1. The van der Waals surface area contributed by atoms with Crippen molar-refractivity contribution in [1.82, 2.24) is 10.2 Å². The van der Waals surface area contributed by atoms with E-state index in [1.54, 1.807) is 24.2 Å². The van der Waals surface area contributed by atoms with Gasteiger partial charge in [0.15, 0.2) is 0 Å². The van der Waals surface area contributed by atoms with E-state index in [-0.39, 0.29) is 18.2 Å². The molecule has 1 aliphatic rings. The Labute approximate surface area is 169 Å². The predicted octanol–water partition coefficient (Wildman–Crippen LogP) is 4.13. The van der Waals surface area contributed by atoms with Gasteiger partial charge in [-0.15, -0.1) is 11.8 Å². The van der Waals surface area contributed by atoms with Crippen LogP contribution in [-0.2, 0) is 9.53 Å². The summed E-state index contributed by atoms with van der Waals surface area (Å²) in [5.74, 6) is -0.0722. The van der Waals surface area contributed by atoms with E-state index in [0.29, 0.717) is 44.1 Å². The monoisotopic (exact) mass is 421 g/mol. The van der Waals surface area contributed by atoms with E-state index in [9.17, 15) is 18.0 Å². The number of unbranched alkanes of at least 4 members (excludes halogenated alkanes) is 1. The van der Waals surface area contributed by atoms with Gasteiger partial charge in [-0.25, -0.2) is 0 Å². The minimum absolute atomic E-state index is 0.0394. The van der Waals surface area contributed by atoms with Gasteiger partial charge in [-0.2, -0.15) is 13.2 Å². The van der Waals surface area contributed by atoms with Crippen molar-refractivity contribution in [3.05, 3.63) is 23.5 Å². The molecule has 1 saturated heterocycles. The second-order valence-corrected chi connectivity index (χ2v) is 7.37. The third-order valence-electron chi connectivity index (χ3n) is 4.12. The van der Waals surface area contributed by atoms with Crippen molar-refractivity contribution in [1.29, 1.82) is 0 Å². The number of hydrogen-bond acceptors (Lipinski definition) is 5. The zero-order valence-electron chi connectivity index (χ0n) is 16.8. The quantitative estimate of drug-likeness (QED) is 0.263. The second kappa shape index (κ2) is 12.9. The lowest BCUT2D eigenvalue weighted by Gasteiger charge is -2.21. The molecule has 0 aromatic rings. The van der Waals surface area contributed by atoms with Gasteiger partial charge in [-0.1, -0.05) is 19.4 Å². The standard InChI is InChI=1S/C19H30F3N3O2S/c1-4-5-8-17(16(19(20,21)22)13-24-15(2)28-3)23-9-6-10-25-11-7-12-27-14-18(25)26/h8,13,23H,4-7,9-12,14H2,1-3H3/b16-13+,17-8-,24-15?. The summed E-state index contributed by atoms with van der Waals surface area (Å²) in [7, 11) is 0. The molecule has 0 atom stereocenters. The molecule has 1 amide bonds. The Kier molecular flexibility index (Phi) is 11.3. The van der Waals surface area contributed by atoms with Gasteiger partial charge in [0.1, 0.15) is 6.61 Å². The SMILES string of the molecule is CCC/C=C(NCCCN1CCCOCC1=O)/C(=C\N=C(C)SC)C(F)(F)F. The predicted molar refractivity (Wildman–Crippen MR) is 108 cm³/mol. The Morgan fingerprint density at radius 2 is 2.18 bits per heavy atom. The van der Waals surface area contributed by atoms with Crippen LogP contribution in [0.1, 0.15) is 39.5 Å². The molecule has 1 N–H and O–H groups in total.